The first-order chi connectivity index (χ1) is 22.8. The van der Waals surface area contributed by atoms with Gasteiger partial charge in [0.05, 0.1) is 26.4 Å². The molecule has 0 bridgehead atoms. The Labute approximate surface area is 277 Å². The first-order valence-electron chi connectivity index (χ1n) is 14.8. The Hall–Kier alpha value is -5.29. The van der Waals surface area contributed by atoms with Crippen molar-refractivity contribution >= 4 is 46.9 Å². The molecule has 0 fully saturated rings. The van der Waals surface area contributed by atoms with E-state index in [9.17, 15) is 19.2 Å². The van der Waals surface area contributed by atoms with Crippen molar-refractivity contribution in [2.24, 2.45) is 0 Å². The molecule has 0 N–H and O–H groups in total. The van der Waals surface area contributed by atoms with E-state index in [0.29, 0.717) is 50.8 Å². The van der Waals surface area contributed by atoms with Crippen LogP contribution in [0.5, 0.6) is 17.4 Å². The molecule has 1 heterocycles. The van der Waals surface area contributed by atoms with Crippen LogP contribution >= 0.6 is 11.8 Å². The minimum absolute atomic E-state index is 0.0321. The second-order valence-corrected chi connectivity index (χ2v) is 10.6. The first kappa shape index (κ1) is 36.2. The summed E-state index contributed by atoms with van der Waals surface area (Å²) in [7, 11) is 0. The highest BCUT2D eigenvalue weighted by molar-refractivity contribution is 8.13. The van der Waals surface area contributed by atoms with Crippen molar-refractivity contribution in [1.82, 2.24) is 0 Å². The summed E-state index contributed by atoms with van der Waals surface area (Å²) in [5, 5.41) is 0.0128. The Balaban J connectivity index is 1.33. The SMILES string of the molecule is C=CC(=O)OCCCCOc1ccc(/C=C/C(=O)Oc2ccc(SC(=O)/C=C/c3ccc(OCCCCOC(=O)C=C)cc3)o2)cc1. The Morgan fingerprint density at radius 1 is 0.617 bits per heavy atom. The normalized spacial score (nSPS) is 10.8. The molecule has 0 aliphatic rings. The summed E-state index contributed by atoms with van der Waals surface area (Å²) in [4.78, 5) is 46.6. The van der Waals surface area contributed by atoms with Crippen LogP contribution in [0.25, 0.3) is 12.2 Å². The number of esters is 3. The van der Waals surface area contributed by atoms with Gasteiger partial charge < -0.3 is 28.1 Å². The maximum Gasteiger partial charge on any atom is 0.338 e. The highest BCUT2D eigenvalue weighted by atomic mass is 32.2. The predicted octanol–water partition coefficient (Wildman–Crippen LogP) is 7.01. The molecule has 3 aromatic rings. The third-order valence-electron chi connectivity index (χ3n) is 5.98. The van der Waals surface area contributed by atoms with Gasteiger partial charge in [-0.2, -0.15) is 0 Å². The van der Waals surface area contributed by atoms with Gasteiger partial charge in [0.15, 0.2) is 5.09 Å². The van der Waals surface area contributed by atoms with E-state index >= 15 is 0 Å². The number of hydrogen-bond acceptors (Lipinski definition) is 11. The third-order valence-corrected chi connectivity index (χ3v) is 6.74. The predicted molar refractivity (Wildman–Crippen MR) is 178 cm³/mol. The molecule has 47 heavy (non-hydrogen) atoms. The minimum Gasteiger partial charge on any atom is -0.494 e. The van der Waals surface area contributed by atoms with Gasteiger partial charge in [-0.25, -0.2) is 14.4 Å². The number of rotatable bonds is 20. The standard InChI is InChI=1S/C36H36O10S/c1-3-31(37)43-25-7-5-23-41-29-15-9-27(10-16-29)13-19-33(39)45-35-21-22-36(46-35)47-34(40)20-14-28-11-17-30(18-12-28)42-24-6-8-26-44-32(38)4-2/h3-4,9-22H,1-2,5-8,23-26H2/b19-13+,20-14+. The van der Waals surface area contributed by atoms with E-state index in [1.807, 2.05) is 12.1 Å². The average Bonchev–Trinajstić information content (AvgIpc) is 3.52. The highest BCUT2D eigenvalue weighted by Gasteiger charge is 2.10. The molecule has 246 valence electrons. The molecule has 2 aromatic carbocycles. The topological polar surface area (TPSA) is 128 Å². The molecule has 10 nitrogen and oxygen atoms in total. The Morgan fingerprint density at radius 2 is 1.11 bits per heavy atom. The second-order valence-electron chi connectivity index (χ2n) is 9.57. The zero-order valence-electron chi connectivity index (χ0n) is 25.8. The zero-order chi connectivity index (χ0) is 33.7. The quantitative estimate of drug-likeness (QED) is 0.0537. The van der Waals surface area contributed by atoms with Crippen LogP contribution in [0.4, 0.5) is 0 Å². The summed E-state index contributed by atoms with van der Waals surface area (Å²) in [6.45, 7) is 8.29. The van der Waals surface area contributed by atoms with E-state index in [1.165, 1.54) is 18.2 Å². The van der Waals surface area contributed by atoms with E-state index in [2.05, 4.69) is 13.2 Å². The van der Waals surface area contributed by atoms with Crippen LogP contribution in [0.15, 0.2) is 108 Å². The lowest BCUT2D eigenvalue weighted by atomic mass is 10.2. The molecule has 0 radical (unpaired) electrons. The molecule has 0 aliphatic heterocycles. The molecule has 0 saturated heterocycles. The summed E-state index contributed by atoms with van der Waals surface area (Å²) in [5.41, 5.74) is 1.58. The van der Waals surface area contributed by atoms with Crippen molar-refractivity contribution in [1.29, 1.82) is 0 Å². The van der Waals surface area contributed by atoms with E-state index in [0.717, 1.165) is 47.9 Å². The van der Waals surface area contributed by atoms with Crippen molar-refractivity contribution in [2.75, 3.05) is 26.4 Å². The summed E-state index contributed by atoms with van der Waals surface area (Å²) in [6, 6.07) is 17.4. The lowest BCUT2D eigenvalue weighted by molar-refractivity contribution is -0.138. The van der Waals surface area contributed by atoms with Crippen molar-refractivity contribution in [3.8, 4) is 17.4 Å². The molecule has 0 amide bonds. The number of benzene rings is 2. The fraction of sp³-hybridized carbons (Fsp3) is 0.222. The van der Waals surface area contributed by atoms with Gasteiger partial charge in [-0.1, -0.05) is 43.5 Å². The van der Waals surface area contributed by atoms with Crippen molar-refractivity contribution in [3.05, 3.63) is 109 Å². The maximum atomic E-state index is 12.4. The third kappa shape index (κ3) is 15.0. The second kappa shape index (κ2) is 20.7. The molecule has 0 aliphatic carbocycles. The van der Waals surface area contributed by atoms with Gasteiger partial charge in [-0.3, -0.25) is 4.79 Å². The van der Waals surface area contributed by atoms with Gasteiger partial charge in [0.1, 0.15) is 11.5 Å². The van der Waals surface area contributed by atoms with Gasteiger partial charge in [0.25, 0.3) is 5.95 Å². The monoisotopic (exact) mass is 660 g/mol. The van der Waals surface area contributed by atoms with Crippen molar-refractivity contribution in [2.45, 2.75) is 30.8 Å². The average molecular weight is 661 g/mol. The number of carbonyl (C=O) groups excluding carboxylic acids is 4. The summed E-state index contributed by atoms with van der Waals surface area (Å²) in [5.74, 6) is -0.178. The van der Waals surface area contributed by atoms with Gasteiger partial charge in [0, 0.05) is 24.3 Å². The van der Waals surface area contributed by atoms with Gasteiger partial charge in [-0.05, 0) is 91.1 Å². The van der Waals surface area contributed by atoms with Crippen LogP contribution in [0, 0.1) is 0 Å². The molecule has 0 unspecified atom stereocenters. The van der Waals surface area contributed by atoms with Crippen molar-refractivity contribution in [3.63, 3.8) is 0 Å². The Kier molecular flexibility index (Phi) is 15.9. The summed E-state index contributed by atoms with van der Waals surface area (Å²) < 4.78 is 31.8. The Bertz CT molecular complexity index is 1420. The maximum absolute atomic E-state index is 12.4. The lowest BCUT2D eigenvalue weighted by Crippen LogP contribution is -2.04. The molecule has 11 heteroatoms. The van der Waals surface area contributed by atoms with E-state index in [1.54, 1.807) is 54.6 Å². The number of furan rings is 1. The largest absolute Gasteiger partial charge is 0.494 e. The first-order valence-corrected chi connectivity index (χ1v) is 15.6. The van der Waals surface area contributed by atoms with Crippen molar-refractivity contribution < 1.29 is 47.3 Å². The van der Waals surface area contributed by atoms with E-state index < -0.39 is 17.9 Å². The number of thioether (sulfide) groups is 1. The molecule has 1 aromatic heterocycles. The van der Waals surface area contributed by atoms with E-state index in [-0.39, 0.29) is 16.2 Å². The van der Waals surface area contributed by atoms with Crippen LogP contribution in [-0.4, -0.2) is 49.5 Å². The van der Waals surface area contributed by atoms with Crippen LogP contribution in [0.3, 0.4) is 0 Å². The van der Waals surface area contributed by atoms with Crippen LogP contribution in [-0.2, 0) is 28.7 Å². The highest BCUT2D eigenvalue weighted by Crippen LogP contribution is 2.27. The zero-order valence-corrected chi connectivity index (χ0v) is 26.6. The van der Waals surface area contributed by atoms with Gasteiger partial charge >= 0.3 is 17.9 Å². The number of ether oxygens (including phenoxy) is 5. The minimum atomic E-state index is -0.638. The molecule has 0 spiro atoms. The lowest BCUT2D eigenvalue weighted by Gasteiger charge is -2.06. The summed E-state index contributed by atoms with van der Waals surface area (Å²) in [6.07, 6.45) is 11.0. The fourth-order valence-electron chi connectivity index (χ4n) is 3.61. The number of unbranched alkanes of at least 4 members (excludes halogenated alkanes) is 2. The molecule has 0 saturated carbocycles. The van der Waals surface area contributed by atoms with Gasteiger partial charge in [0.2, 0.25) is 5.12 Å². The molecular formula is C36H36O10S. The number of carbonyl (C=O) groups is 4. The number of hydrogen-bond donors (Lipinski definition) is 0. The van der Waals surface area contributed by atoms with E-state index in [4.69, 9.17) is 28.1 Å². The van der Waals surface area contributed by atoms with Crippen LogP contribution in [0.2, 0.25) is 0 Å². The fourth-order valence-corrected chi connectivity index (χ4v) is 4.20. The molecule has 0 atom stereocenters. The van der Waals surface area contributed by atoms with Gasteiger partial charge in [-0.15, -0.1) is 0 Å². The summed E-state index contributed by atoms with van der Waals surface area (Å²) >= 11 is 0.859. The smallest absolute Gasteiger partial charge is 0.338 e. The van der Waals surface area contributed by atoms with Crippen LogP contribution in [0.1, 0.15) is 36.8 Å². The molecule has 3 rings (SSSR count). The molecular weight excluding hydrogens is 624 g/mol. The Morgan fingerprint density at radius 3 is 1.62 bits per heavy atom. The van der Waals surface area contributed by atoms with Crippen LogP contribution < -0.4 is 14.2 Å².